The van der Waals surface area contributed by atoms with Gasteiger partial charge >= 0.3 is 0 Å². The molecule has 265 valence electrons. The van der Waals surface area contributed by atoms with E-state index in [1.165, 1.54) is 53.8 Å². The number of hydrogen-bond acceptors (Lipinski definition) is 3. The first-order chi connectivity index (χ1) is 25.9. The molecule has 0 bridgehead atoms. The molecule has 0 aliphatic rings. The predicted molar refractivity (Wildman–Crippen MR) is 223 cm³/mol. The van der Waals surface area contributed by atoms with E-state index in [2.05, 4.69) is 129 Å². The summed E-state index contributed by atoms with van der Waals surface area (Å²) in [5, 5.41) is 3.75. The Bertz CT molecular complexity index is 2680. The van der Waals surface area contributed by atoms with E-state index < -0.39 is 20.8 Å². The molecule has 0 fully saturated rings. The second-order valence-corrected chi connectivity index (χ2v) is 20.6. The number of rotatable bonds is 5. The van der Waals surface area contributed by atoms with Crippen LogP contribution in [0.5, 0.6) is 0 Å². The molecule has 6 heteroatoms. The third-order valence-corrected chi connectivity index (χ3v) is 12.5. The van der Waals surface area contributed by atoms with Crippen molar-refractivity contribution in [2.75, 3.05) is 0 Å². The Labute approximate surface area is 332 Å². The van der Waals surface area contributed by atoms with Crippen LogP contribution in [0.4, 0.5) is 0 Å². The molecule has 0 aliphatic heterocycles. The standard InChI is InChI=1S/C28H21N2S.C18H24NSi.Ir/c1-17-15-18(2)26(19(3)16-17)30-24-13-6-5-12-23(24)29-28(30)22-11-8-10-21-20-9-4-7-14-25(20)31-27(21)22;1-13(2)16-11-17(15-9-7-14(3)8-10-15)19-12-18(16)20(4,5)6;/h4-10,12-16H,1-3H3;7-9,11-13H,1-6H3;/q2*-1;/i;3D3,13D;. The minimum absolute atomic E-state index is 0. The van der Waals surface area contributed by atoms with Gasteiger partial charge in [0.25, 0.3) is 0 Å². The fraction of sp³-hybridized carbons (Fsp3) is 0.217. The Morgan fingerprint density at radius 2 is 1.58 bits per heavy atom. The van der Waals surface area contributed by atoms with Gasteiger partial charge in [-0.15, -0.1) is 53.6 Å². The average Bonchev–Trinajstić information content (AvgIpc) is 3.69. The van der Waals surface area contributed by atoms with Gasteiger partial charge in [-0.1, -0.05) is 111 Å². The Hall–Kier alpha value is -4.19. The zero-order chi connectivity index (χ0) is 39.4. The predicted octanol–water partition coefficient (Wildman–Crippen LogP) is 12.3. The van der Waals surface area contributed by atoms with E-state index in [1.54, 1.807) is 12.1 Å². The molecule has 1 radical (unpaired) electrons. The Morgan fingerprint density at radius 1 is 0.846 bits per heavy atom. The van der Waals surface area contributed by atoms with E-state index >= 15 is 0 Å². The van der Waals surface area contributed by atoms with Crippen molar-refractivity contribution in [3.8, 4) is 28.3 Å². The molecule has 3 nitrogen and oxygen atoms in total. The summed E-state index contributed by atoms with van der Waals surface area (Å²) in [5.41, 5.74) is 10.9. The maximum Gasteiger partial charge on any atom is 0.0799 e. The number of para-hydroxylation sites is 2. The Kier molecular flexibility index (Phi) is 9.39. The molecular weight excluding hydrogens is 847 g/mol. The number of imidazole rings is 1. The minimum atomic E-state index is -2.13. The Balaban J connectivity index is 0.000000194. The molecule has 3 heterocycles. The molecule has 0 aliphatic carbocycles. The number of fused-ring (bicyclic) bond motifs is 4. The monoisotopic (exact) mass is 896 g/mol. The van der Waals surface area contributed by atoms with Crippen molar-refractivity contribution in [1.29, 1.82) is 0 Å². The number of nitrogens with zero attached hydrogens (tertiary/aromatic N) is 3. The van der Waals surface area contributed by atoms with Crippen LogP contribution in [0, 0.1) is 39.8 Å². The molecule has 0 unspecified atom stereocenters. The summed E-state index contributed by atoms with van der Waals surface area (Å²) in [5.74, 6) is 0.236. The molecule has 5 aromatic carbocycles. The zero-order valence-corrected chi connectivity index (χ0v) is 35.1. The van der Waals surface area contributed by atoms with Gasteiger partial charge in [0.15, 0.2) is 0 Å². The van der Waals surface area contributed by atoms with Crippen LogP contribution in [0.3, 0.4) is 0 Å². The van der Waals surface area contributed by atoms with Gasteiger partial charge in [0.2, 0.25) is 0 Å². The van der Waals surface area contributed by atoms with Crippen LogP contribution in [0.15, 0.2) is 103 Å². The molecule has 8 aromatic rings. The van der Waals surface area contributed by atoms with Crippen molar-refractivity contribution in [1.82, 2.24) is 14.5 Å². The molecule has 0 spiro atoms. The van der Waals surface area contributed by atoms with Crippen molar-refractivity contribution in [3.63, 3.8) is 0 Å². The second kappa shape index (κ2) is 15.0. The van der Waals surface area contributed by atoms with Gasteiger partial charge in [-0.25, -0.2) is 0 Å². The first-order valence-corrected chi connectivity index (χ1v) is 21.6. The summed E-state index contributed by atoms with van der Waals surface area (Å²) in [6.45, 7) is 14.9. The van der Waals surface area contributed by atoms with Crippen molar-refractivity contribution in [2.45, 2.75) is 67.0 Å². The summed E-state index contributed by atoms with van der Waals surface area (Å²) < 4.78 is 35.7. The summed E-state index contributed by atoms with van der Waals surface area (Å²) in [4.78, 5) is 9.68. The first kappa shape index (κ1) is 32.5. The first-order valence-electron chi connectivity index (χ1n) is 19.3. The van der Waals surface area contributed by atoms with Gasteiger partial charge in [0.05, 0.1) is 24.9 Å². The molecule has 52 heavy (non-hydrogen) atoms. The van der Waals surface area contributed by atoms with Crippen molar-refractivity contribution < 1.29 is 25.6 Å². The van der Waals surface area contributed by atoms with E-state index in [9.17, 15) is 0 Å². The molecule has 0 saturated heterocycles. The molecule has 0 atom stereocenters. The summed E-state index contributed by atoms with van der Waals surface area (Å²) in [6.07, 6.45) is 1.89. The van der Waals surface area contributed by atoms with Gasteiger partial charge in [-0.3, -0.25) is 4.98 Å². The average molecular weight is 896 g/mol. The van der Waals surface area contributed by atoms with Crippen LogP contribution in [0.2, 0.25) is 19.6 Å². The summed E-state index contributed by atoms with van der Waals surface area (Å²) in [7, 11) is -1.61. The van der Waals surface area contributed by atoms with E-state index in [0.29, 0.717) is 0 Å². The van der Waals surface area contributed by atoms with Crippen LogP contribution >= 0.6 is 11.3 Å². The van der Waals surface area contributed by atoms with E-state index in [-0.39, 0.29) is 25.7 Å². The minimum Gasteiger partial charge on any atom is -0.333 e. The topological polar surface area (TPSA) is 30.7 Å². The largest absolute Gasteiger partial charge is 0.333 e. The van der Waals surface area contributed by atoms with Gasteiger partial charge in [-0.2, -0.15) is 11.3 Å². The smallest absolute Gasteiger partial charge is 0.0799 e. The van der Waals surface area contributed by atoms with E-state index in [1.807, 2.05) is 43.5 Å². The number of benzene rings is 5. The zero-order valence-electron chi connectivity index (χ0n) is 34.9. The number of aryl methyl sites for hydroxylation is 4. The Morgan fingerprint density at radius 3 is 2.27 bits per heavy atom. The number of thiophene rings is 1. The molecule has 0 saturated carbocycles. The van der Waals surface area contributed by atoms with Crippen molar-refractivity contribution >= 4 is 55.8 Å². The number of hydrogen-bond donors (Lipinski definition) is 0. The molecular formula is C46H45IrN3SSi-2. The maximum absolute atomic E-state index is 8.48. The number of aromatic nitrogens is 3. The maximum atomic E-state index is 8.48. The van der Waals surface area contributed by atoms with Gasteiger partial charge in [0.1, 0.15) is 0 Å². The summed E-state index contributed by atoms with van der Waals surface area (Å²) in [6, 6.07) is 39.1. The third kappa shape index (κ3) is 7.23. The SMILES string of the molecule is Cc1cc(C)c(-n2c(-c3[c-]ccc4c3sc3ccccc34)nc3ccccc32)c(C)c1.[2H]C([2H])([2H])c1c[c-]c(-c2cc(C([2H])(C)C)c([Si](C)(C)C)cn2)cc1.[Ir]. The molecule has 0 N–H and O–H groups in total. The van der Waals surface area contributed by atoms with Crippen LogP contribution in [-0.2, 0) is 20.1 Å². The fourth-order valence-corrected chi connectivity index (χ4v) is 9.78. The van der Waals surface area contributed by atoms with Crippen molar-refractivity contribution in [2.24, 2.45) is 0 Å². The summed E-state index contributed by atoms with van der Waals surface area (Å²) >= 11 is 1.82. The van der Waals surface area contributed by atoms with E-state index in [4.69, 9.17) is 10.5 Å². The molecule has 8 rings (SSSR count). The second-order valence-electron chi connectivity index (χ2n) is 14.6. The quantitative estimate of drug-likeness (QED) is 0.127. The van der Waals surface area contributed by atoms with Crippen molar-refractivity contribution in [3.05, 3.63) is 143 Å². The van der Waals surface area contributed by atoms with Gasteiger partial charge in [0, 0.05) is 42.2 Å². The molecule has 0 amide bonds. The van der Waals surface area contributed by atoms with Gasteiger partial charge < -0.3 is 9.55 Å². The third-order valence-electron chi connectivity index (χ3n) is 9.32. The van der Waals surface area contributed by atoms with Crippen LogP contribution in [0.1, 0.15) is 53.0 Å². The fourth-order valence-electron chi connectivity index (χ4n) is 7.00. The van der Waals surface area contributed by atoms with Crippen LogP contribution in [0.25, 0.3) is 59.5 Å². The molecule has 3 aromatic heterocycles. The normalized spacial score (nSPS) is 13.2. The number of pyridine rings is 1. The van der Waals surface area contributed by atoms with Gasteiger partial charge in [-0.05, 0) is 77.0 Å². The van der Waals surface area contributed by atoms with Crippen LogP contribution in [-0.4, -0.2) is 22.6 Å². The van der Waals surface area contributed by atoms with E-state index in [0.717, 1.165) is 39.2 Å². The van der Waals surface area contributed by atoms with Crippen LogP contribution < -0.4 is 5.19 Å².